The van der Waals surface area contributed by atoms with Gasteiger partial charge in [0.2, 0.25) is 11.8 Å². The smallest absolute Gasteiger partial charge is 0.249 e. The fourth-order valence-corrected chi connectivity index (χ4v) is 2.55. The van der Waals surface area contributed by atoms with Crippen LogP contribution in [0.1, 0.15) is 18.9 Å². The van der Waals surface area contributed by atoms with Crippen LogP contribution in [-0.4, -0.2) is 31.7 Å². The molecule has 0 aliphatic rings. The third-order valence-electron chi connectivity index (χ3n) is 3.35. The van der Waals surface area contributed by atoms with Crippen molar-refractivity contribution >= 4 is 39.6 Å². The predicted molar refractivity (Wildman–Crippen MR) is 107 cm³/mol. The number of methoxy groups -OCH3 is 1. The first kappa shape index (κ1) is 20.4. The van der Waals surface area contributed by atoms with E-state index in [0.29, 0.717) is 29.4 Å². The Kier molecular flexibility index (Phi) is 7.81. The summed E-state index contributed by atoms with van der Waals surface area (Å²) >= 11 is 3.36. The number of carbonyl (C=O) groups excluding carboxylic acids is 2. The van der Waals surface area contributed by atoms with Gasteiger partial charge in [-0.1, -0.05) is 15.9 Å². The van der Waals surface area contributed by atoms with E-state index < -0.39 is 11.8 Å². The van der Waals surface area contributed by atoms with Gasteiger partial charge in [-0.3, -0.25) is 9.59 Å². The first-order valence-corrected chi connectivity index (χ1v) is 8.99. The van der Waals surface area contributed by atoms with Crippen LogP contribution in [0.5, 0.6) is 11.5 Å². The van der Waals surface area contributed by atoms with Crippen LogP contribution in [0.2, 0.25) is 0 Å². The monoisotopic (exact) mass is 433 g/mol. The number of ether oxygens (including phenoxy) is 2. The zero-order chi connectivity index (χ0) is 19.6. The summed E-state index contributed by atoms with van der Waals surface area (Å²) in [7, 11) is 1.55. The molecule has 0 saturated carbocycles. The first-order chi connectivity index (χ1) is 13.0. The molecule has 0 unspecified atom stereocenters. The second-order valence-corrected chi connectivity index (χ2v) is 6.28. The van der Waals surface area contributed by atoms with Gasteiger partial charge in [0.15, 0.2) is 0 Å². The summed E-state index contributed by atoms with van der Waals surface area (Å²) < 4.78 is 11.4. The highest BCUT2D eigenvalue weighted by Crippen LogP contribution is 2.21. The van der Waals surface area contributed by atoms with E-state index in [-0.39, 0.29) is 6.42 Å². The topological polar surface area (TPSA) is 89.0 Å². The quantitative estimate of drug-likeness (QED) is 0.379. The van der Waals surface area contributed by atoms with Crippen molar-refractivity contribution in [3.05, 3.63) is 52.5 Å². The van der Waals surface area contributed by atoms with Gasteiger partial charge in [-0.05, 0) is 49.4 Å². The number of rotatable bonds is 8. The van der Waals surface area contributed by atoms with Crippen LogP contribution in [-0.2, 0) is 9.59 Å². The molecule has 2 aromatic rings. The molecule has 8 heteroatoms. The number of hydrogen-bond donors (Lipinski definition) is 2. The molecule has 27 heavy (non-hydrogen) atoms. The van der Waals surface area contributed by atoms with E-state index in [1.165, 1.54) is 6.21 Å². The number of hydrazone groups is 1. The lowest BCUT2D eigenvalue weighted by Crippen LogP contribution is -2.24. The van der Waals surface area contributed by atoms with Crippen LogP contribution in [0.15, 0.2) is 52.0 Å². The van der Waals surface area contributed by atoms with Crippen LogP contribution < -0.4 is 20.2 Å². The first-order valence-electron chi connectivity index (χ1n) is 8.20. The number of anilines is 1. The Morgan fingerprint density at radius 3 is 2.56 bits per heavy atom. The summed E-state index contributed by atoms with van der Waals surface area (Å²) in [6.07, 6.45) is 1.10. The Morgan fingerprint density at radius 1 is 1.15 bits per heavy atom. The van der Waals surface area contributed by atoms with Crippen LogP contribution in [0.3, 0.4) is 0 Å². The summed E-state index contributed by atoms with van der Waals surface area (Å²) in [6.45, 7) is 2.46. The highest BCUT2D eigenvalue weighted by Gasteiger charge is 2.09. The molecule has 0 aliphatic carbocycles. The van der Waals surface area contributed by atoms with Crippen LogP contribution in [0.4, 0.5) is 5.69 Å². The van der Waals surface area contributed by atoms with E-state index in [4.69, 9.17) is 9.47 Å². The lowest BCUT2D eigenvalue weighted by atomic mass is 10.2. The van der Waals surface area contributed by atoms with Crippen molar-refractivity contribution in [3.63, 3.8) is 0 Å². The molecule has 0 aromatic heterocycles. The molecule has 2 amide bonds. The maximum atomic E-state index is 11.9. The maximum absolute atomic E-state index is 11.9. The molecule has 0 fully saturated rings. The minimum Gasteiger partial charge on any atom is -0.496 e. The predicted octanol–water partition coefficient (Wildman–Crippen LogP) is 3.34. The number of benzene rings is 2. The van der Waals surface area contributed by atoms with Gasteiger partial charge in [0.1, 0.15) is 17.9 Å². The van der Waals surface area contributed by atoms with Crippen molar-refractivity contribution in [2.24, 2.45) is 5.10 Å². The Morgan fingerprint density at radius 2 is 1.89 bits per heavy atom. The van der Waals surface area contributed by atoms with Gasteiger partial charge in [-0.15, -0.1) is 0 Å². The molecular formula is C19H20BrN3O4. The Hall–Kier alpha value is -2.87. The molecule has 0 heterocycles. The fraction of sp³-hybridized carbons (Fsp3) is 0.211. The number of amides is 2. The van der Waals surface area contributed by atoms with Gasteiger partial charge in [0.05, 0.1) is 19.9 Å². The van der Waals surface area contributed by atoms with Gasteiger partial charge >= 0.3 is 0 Å². The lowest BCUT2D eigenvalue weighted by Gasteiger charge is -2.07. The van der Waals surface area contributed by atoms with Gasteiger partial charge in [0.25, 0.3) is 0 Å². The Labute approximate surface area is 165 Å². The second kappa shape index (κ2) is 10.3. The van der Waals surface area contributed by atoms with E-state index in [1.807, 2.05) is 13.0 Å². The summed E-state index contributed by atoms with van der Waals surface area (Å²) in [5.74, 6) is 0.366. The van der Waals surface area contributed by atoms with Crippen molar-refractivity contribution in [1.82, 2.24) is 5.43 Å². The standard InChI is InChI=1S/C19H20BrN3O4/c1-3-27-16-7-5-15(6-8-16)22-18(24)11-19(25)23-21-12-13-10-14(20)4-9-17(13)26-2/h4-10,12H,3,11H2,1-2H3,(H,22,24)(H,23,25). The van der Waals surface area contributed by atoms with Crippen LogP contribution in [0.25, 0.3) is 0 Å². The lowest BCUT2D eigenvalue weighted by molar-refractivity contribution is -0.126. The zero-order valence-electron chi connectivity index (χ0n) is 15.0. The molecule has 0 spiro atoms. The van der Waals surface area contributed by atoms with Crippen molar-refractivity contribution in [2.75, 3.05) is 19.0 Å². The van der Waals surface area contributed by atoms with Crippen molar-refractivity contribution in [2.45, 2.75) is 13.3 Å². The molecule has 7 nitrogen and oxygen atoms in total. The third kappa shape index (κ3) is 6.74. The van der Waals surface area contributed by atoms with Gasteiger partial charge in [0, 0.05) is 15.7 Å². The molecule has 142 valence electrons. The van der Waals surface area contributed by atoms with Crippen molar-refractivity contribution in [3.8, 4) is 11.5 Å². The van der Waals surface area contributed by atoms with Crippen LogP contribution in [0, 0.1) is 0 Å². The highest BCUT2D eigenvalue weighted by molar-refractivity contribution is 9.10. The van der Waals surface area contributed by atoms with Crippen molar-refractivity contribution in [1.29, 1.82) is 0 Å². The number of hydrogen-bond acceptors (Lipinski definition) is 5. The number of carbonyl (C=O) groups is 2. The Bertz CT molecular complexity index is 822. The minimum absolute atomic E-state index is 0.347. The molecular weight excluding hydrogens is 414 g/mol. The third-order valence-corrected chi connectivity index (χ3v) is 3.85. The molecule has 0 bridgehead atoms. The minimum atomic E-state index is -0.524. The molecule has 0 saturated heterocycles. The summed E-state index contributed by atoms with van der Waals surface area (Å²) in [6, 6.07) is 12.3. The largest absolute Gasteiger partial charge is 0.496 e. The average Bonchev–Trinajstić information content (AvgIpc) is 2.63. The van der Waals surface area contributed by atoms with Gasteiger partial charge in [-0.2, -0.15) is 5.10 Å². The molecule has 2 rings (SSSR count). The molecule has 0 aliphatic heterocycles. The van der Waals surface area contributed by atoms with Crippen molar-refractivity contribution < 1.29 is 19.1 Å². The van der Waals surface area contributed by atoms with Crippen LogP contribution >= 0.6 is 15.9 Å². The van der Waals surface area contributed by atoms with E-state index in [0.717, 1.165) is 4.47 Å². The molecule has 0 radical (unpaired) electrons. The van der Waals surface area contributed by atoms with E-state index in [9.17, 15) is 9.59 Å². The Balaban J connectivity index is 1.84. The summed E-state index contributed by atoms with van der Waals surface area (Å²) in [5, 5.41) is 6.50. The van der Waals surface area contributed by atoms with E-state index in [1.54, 1.807) is 43.5 Å². The fourth-order valence-electron chi connectivity index (χ4n) is 2.17. The normalized spacial score (nSPS) is 10.5. The number of nitrogens with one attached hydrogen (secondary N) is 2. The van der Waals surface area contributed by atoms with Gasteiger partial charge < -0.3 is 14.8 Å². The maximum Gasteiger partial charge on any atom is 0.249 e. The molecule has 2 N–H and O–H groups in total. The zero-order valence-corrected chi connectivity index (χ0v) is 16.6. The second-order valence-electron chi connectivity index (χ2n) is 5.36. The SMILES string of the molecule is CCOc1ccc(NC(=O)CC(=O)NN=Cc2cc(Br)ccc2OC)cc1. The van der Waals surface area contributed by atoms with Gasteiger partial charge in [-0.25, -0.2) is 5.43 Å². The highest BCUT2D eigenvalue weighted by atomic mass is 79.9. The number of nitrogens with zero attached hydrogens (tertiary/aromatic N) is 1. The average molecular weight is 434 g/mol. The summed E-state index contributed by atoms with van der Waals surface area (Å²) in [4.78, 5) is 23.8. The number of halogens is 1. The summed E-state index contributed by atoms with van der Waals surface area (Å²) in [5.41, 5.74) is 3.59. The van der Waals surface area contributed by atoms with E-state index in [2.05, 4.69) is 31.8 Å². The van der Waals surface area contributed by atoms with E-state index >= 15 is 0 Å². The molecule has 2 aromatic carbocycles. The molecule has 0 atom stereocenters.